The van der Waals surface area contributed by atoms with Crippen LogP contribution in [-0.4, -0.2) is 28.3 Å². The van der Waals surface area contributed by atoms with E-state index in [1.54, 1.807) is 4.90 Å². The highest BCUT2D eigenvalue weighted by Crippen LogP contribution is 2.18. The van der Waals surface area contributed by atoms with Gasteiger partial charge in [0.25, 0.3) is 0 Å². The average molecular weight is 437 g/mol. The Morgan fingerprint density at radius 2 is 1.50 bits per heavy atom. The number of nitrogens with zero attached hydrogens (tertiary/aromatic N) is 1. The fourth-order valence-electron chi connectivity index (χ4n) is 3.73. The standard InChI is InChI=1S/C28H40N2O2/c1-8-25(27(32)29-28(5,6)7)30(19-23-11-9-21(4)10-12-23)26(31)18-15-22-13-16-24(17-14-22)20(2)3/h9-14,16-17,20,25H,8,15,18-19H2,1-7H3,(H,29,32)/t25-/m0/s1. The van der Waals surface area contributed by atoms with Crippen molar-refractivity contribution in [3.63, 3.8) is 0 Å². The third kappa shape index (κ3) is 7.81. The minimum absolute atomic E-state index is 0.00872. The smallest absolute Gasteiger partial charge is 0.243 e. The molecular formula is C28H40N2O2. The molecule has 2 amide bonds. The lowest BCUT2D eigenvalue weighted by Crippen LogP contribution is -2.53. The zero-order chi connectivity index (χ0) is 23.9. The van der Waals surface area contributed by atoms with Crippen LogP contribution in [0.4, 0.5) is 0 Å². The highest BCUT2D eigenvalue weighted by molar-refractivity contribution is 5.88. The molecule has 4 nitrogen and oxygen atoms in total. The topological polar surface area (TPSA) is 49.4 Å². The highest BCUT2D eigenvalue weighted by Gasteiger charge is 2.30. The summed E-state index contributed by atoms with van der Waals surface area (Å²) in [5.41, 5.74) is 4.30. The average Bonchev–Trinajstić information content (AvgIpc) is 2.72. The number of rotatable bonds is 9. The Hall–Kier alpha value is -2.62. The van der Waals surface area contributed by atoms with Gasteiger partial charge in [0.15, 0.2) is 0 Å². The van der Waals surface area contributed by atoms with Gasteiger partial charge in [0.05, 0.1) is 0 Å². The second-order valence-corrected chi connectivity index (χ2v) is 10.1. The van der Waals surface area contributed by atoms with Crippen molar-refractivity contribution in [2.45, 2.75) is 91.8 Å². The molecule has 32 heavy (non-hydrogen) atoms. The SMILES string of the molecule is CC[C@@H](C(=O)NC(C)(C)C)N(Cc1ccc(C)cc1)C(=O)CCc1ccc(C(C)C)cc1. The van der Waals surface area contributed by atoms with Crippen molar-refractivity contribution in [1.29, 1.82) is 0 Å². The Labute approximate surface area is 194 Å². The fraction of sp³-hybridized carbons (Fsp3) is 0.500. The largest absolute Gasteiger partial charge is 0.350 e. The second kappa shape index (κ2) is 11.3. The fourth-order valence-corrected chi connectivity index (χ4v) is 3.73. The Morgan fingerprint density at radius 1 is 0.938 bits per heavy atom. The van der Waals surface area contributed by atoms with Crippen LogP contribution in [0.1, 0.15) is 82.6 Å². The van der Waals surface area contributed by atoms with Crippen molar-refractivity contribution in [2.24, 2.45) is 0 Å². The van der Waals surface area contributed by atoms with Crippen molar-refractivity contribution in [1.82, 2.24) is 10.2 Å². The maximum Gasteiger partial charge on any atom is 0.243 e. The van der Waals surface area contributed by atoms with Crippen molar-refractivity contribution < 1.29 is 9.59 Å². The molecule has 0 spiro atoms. The lowest BCUT2D eigenvalue weighted by atomic mass is 10.00. The number of carbonyl (C=O) groups is 2. The number of amides is 2. The van der Waals surface area contributed by atoms with Gasteiger partial charge in [-0.1, -0.05) is 74.9 Å². The molecule has 0 radical (unpaired) electrons. The van der Waals surface area contributed by atoms with E-state index in [-0.39, 0.29) is 17.4 Å². The predicted octanol–water partition coefficient (Wildman–Crippen LogP) is 5.77. The minimum atomic E-state index is -0.494. The van der Waals surface area contributed by atoms with Gasteiger partial charge in [0.1, 0.15) is 6.04 Å². The third-order valence-electron chi connectivity index (χ3n) is 5.63. The zero-order valence-corrected chi connectivity index (χ0v) is 20.9. The number of aryl methyl sites for hydroxylation is 2. The van der Waals surface area contributed by atoms with Crippen LogP contribution < -0.4 is 5.32 Å². The molecule has 0 fully saturated rings. The number of benzene rings is 2. The molecule has 4 heteroatoms. The van der Waals surface area contributed by atoms with E-state index in [9.17, 15) is 9.59 Å². The van der Waals surface area contributed by atoms with Gasteiger partial charge in [-0.15, -0.1) is 0 Å². The van der Waals surface area contributed by atoms with Gasteiger partial charge in [0.2, 0.25) is 11.8 Å². The molecule has 0 aromatic heterocycles. The van der Waals surface area contributed by atoms with E-state index >= 15 is 0 Å². The molecule has 0 saturated heterocycles. The van der Waals surface area contributed by atoms with Crippen molar-refractivity contribution in [3.8, 4) is 0 Å². The molecule has 1 N–H and O–H groups in total. The molecular weight excluding hydrogens is 396 g/mol. The summed E-state index contributed by atoms with van der Waals surface area (Å²) in [5.74, 6) is 0.401. The molecule has 0 aliphatic carbocycles. The normalized spacial score (nSPS) is 12.5. The highest BCUT2D eigenvalue weighted by atomic mass is 16.2. The minimum Gasteiger partial charge on any atom is -0.350 e. The molecule has 0 heterocycles. The van der Waals surface area contributed by atoms with E-state index in [0.717, 1.165) is 11.1 Å². The van der Waals surface area contributed by atoms with Gasteiger partial charge in [-0.2, -0.15) is 0 Å². The van der Waals surface area contributed by atoms with Gasteiger partial charge in [-0.25, -0.2) is 0 Å². The maximum absolute atomic E-state index is 13.4. The van der Waals surface area contributed by atoms with Crippen LogP contribution in [0.15, 0.2) is 48.5 Å². The molecule has 174 valence electrons. The Kier molecular flexibility index (Phi) is 9.06. The first-order valence-electron chi connectivity index (χ1n) is 11.8. The second-order valence-electron chi connectivity index (χ2n) is 10.1. The summed E-state index contributed by atoms with van der Waals surface area (Å²) in [6.07, 6.45) is 1.62. The summed E-state index contributed by atoms with van der Waals surface area (Å²) in [7, 11) is 0. The molecule has 0 aliphatic rings. The van der Waals surface area contributed by atoms with Gasteiger partial charge in [-0.3, -0.25) is 9.59 Å². The lowest BCUT2D eigenvalue weighted by Gasteiger charge is -2.33. The quantitative estimate of drug-likeness (QED) is 0.542. The maximum atomic E-state index is 13.4. The first kappa shape index (κ1) is 25.6. The first-order chi connectivity index (χ1) is 15.0. The Morgan fingerprint density at radius 3 is 2.00 bits per heavy atom. The van der Waals surface area contributed by atoms with E-state index < -0.39 is 6.04 Å². The molecule has 0 bridgehead atoms. The van der Waals surface area contributed by atoms with Gasteiger partial charge < -0.3 is 10.2 Å². The Balaban J connectivity index is 2.20. The van der Waals surface area contributed by atoms with Gasteiger partial charge in [-0.05, 0) is 63.1 Å². The van der Waals surface area contributed by atoms with Gasteiger partial charge >= 0.3 is 0 Å². The summed E-state index contributed by atoms with van der Waals surface area (Å²) >= 11 is 0. The van der Waals surface area contributed by atoms with Crippen LogP contribution in [0.3, 0.4) is 0 Å². The number of carbonyl (C=O) groups excluding carboxylic acids is 2. The van der Waals surface area contributed by atoms with E-state index in [1.807, 2.05) is 58.9 Å². The van der Waals surface area contributed by atoms with Crippen LogP contribution in [0.25, 0.3) is 0 Å². The van der Waals surface area contributed by atoms with Crippen molar-refractivity contribution >= 4 is 11.8 Å². The van der Waals surface area contributed by atoms with E-state index in [1.165, 1.54) is 11.1 Å². The third-order valence-corrected chi connectivity index (χ3v) is 5.63. The summed E-state index contributed by atoms with van der Waals surface area (Å²) < 4.78 is 0. The molecule has 2 aromatic carbocycles. The van der Waals surface area contributed by atoms with Gasteiger partial charge in [0, 0.05) is 18.5 Å². The van der Waals surface area contributed by atoms with Crippen molar-refractivity contribution in [2.75, 3.05) is 0 Å². The molecule has 0 aliphatic heterocycles. The van der Waals surface area contributed by atoms with Crippen LogP contribution in [0, 0.1) is 6.92 Å². The van der Waals surface area contributed by atoms with Crippen LogP contribution >= 0.6 is 0 Å². The first-order valence-corrected chi connectivity index (χ1v) is 11.8. The van der Waals surface area contributed by atoms with E-state index in [0.29, 0.717) is 31.7 Å². The lowest BCUT2D eigenvalue weighted by molar-refractivity contribution is -0.142. The number of nitrogens with one attached hydrogen (secondary N) is 1. The van der Waals surface area contributed by atoms with Crippen LogP contribution in [0.2, 0.25) is 0 Å². The van der Waals surface area contributed by atoms with Crippen LogP contribution in [-0.2, 0) is 22.6 Å². The Bertz CT molecular complexity index is 877. The molecule has 0 unspecified atom stereocenters. The van der Waals surface area contributed by atoms with E-state index in [4.69, 9.17) is 0 Å². The monoisotopic (exact) mass is 436 g/mol. The molecule has 2 rings (SSSR count). The summed E-state index contributed by atoms with van der Waals surface area (Å²) in [6.45, 7) is 14.7. The molecule has 0 saturated carbocycles. The molecule has 1 atom stereocenters. The summed E-state index contributed by atoms with van der Waals surface area (Å²) in [6, 6.07) is 16.2. The van der Waals surface area contributed by atoms with Crippen molar-refractivity contribution in [3.05, 3.63) is 70.8 Å². The number of hydrogen-bond acceptors (Lipinski definition) is 2. The zero-order valence-electron chi connectivity index (χ0n) is 20.9. The predicted molar refractivity (Wildman–Crippen MR) is 133 cm³/mol. The molecule has 2 aromatic rings. The number of hydrogen-bond donors (Lipinski definition) is 1. The van der Waals surface area contributed by atoms with E-state index in [2.05, 4.69) is 43.4 Å². The van der Waals surface area contributed by atoms with Crippen LogP contribution in [0.5, 0.6) is 0 Å². The summed E-state index contributed by atoms with van der Waals surface area (Å²) in [5, 5.41) is 3.06. The summed E-state index contributed by atoms with van der Waals surface area (Å²) in [4.78, 5) is 28.2.